The van der Waals surface area contributed by atoms with Gasteiger partial charge >= 0.3 is 0 Å². The van der Waals surface area contributed by atoms with Crippen molar-refractivity contribution in [3.63, 3.8) is 0 Å². The molecule has 7 heteroatoms. The van der Waals surface area contributed by atoms with E-state index in [4.69, 9.17) is 0 Å². The highest BCUT2D eigenvalue weighted by Crippen LogP contribution is 2.19. The molecule has 0 saturated carbocycles. The second-order valence-corrected chi connectivity index (χ2v) is 5.86. The number of nitrogens with zero attached hydrogens (tertiary/aromatic N) is 4. The molecule has 0 unspecified atom stereocenters. The highest BCUT2D eigenvalue weighted by Gasteiger charge is 2.22. The monoisotopic (exact) mass is 322 g/mol. The number of imidazole rings is 1. The quantitative estimate of drug-likeness (QED) is 0.763. The van der Waals surface area contributed by atoms with Gasteiger partial charge in [0.15, 0.2) is 11.6 Å². The number of nitrogens with one attached hydrogen (secondary N) is 2. The molecule has 24 heavy (non-hydrogen) atoms. The second kappa shape index (κ2) is 6.27. The van der Waals surface area contributed by atoms with Crippen molar-refractivity contribution in [2.75, 3.05) is 6.54 Å². The molecule has 2 aromatic heterocycles. The molecule has 0 spiro atoms. The summed E-state index contributed by atoms with van der Waals surface area (Å²) >= 11 is 0. The summed E-state index contributed by atoms with van der Waals surface area (Å²) in [7, 11) is 0. The third-order valence-electron chi connectivity index (χ3n) is 4.19. The normalized spacial score (nSPS) is 14.1. The number of carbonyl (C=O) groups is 1. The third kappa shape index (κ3) is 2.80. The smallest absolute Gasteiger partial charge is 0.271 e. The highest BCUT2D eigenvalue weighted by molar-refractivity contribution is 5.94. The first-order valence-electron chi connectivity index (χ1n) is 8.10. The van der Waals surface area contributed by atoms with E-state index >= 15 is 0 Å². The molecule has 2 N–H and O–H groups in total. The van der Waals surface area contributed by atoms with Crippen LogP contribution in [0.25, 0.3) is 11.6 Å². The number of aryl methyl sites for hydroxylation is 3. The van der Waals surface area contributed by atoms with Crippen molar-refractivity contribution in [2.45, 2.75) is 25.8 Å². The number of aromatic amines is 1. The first-order chi connectivity index (χ1) is 11.8. The predicted molar refractivity (Wildman–Crippen MR) is 88.4 cm³/mol. The fraction of sp³-hybridized carbons (Fsp3) is 0.294. The predicted octanol–water partition coefficient (Wildman–Crippen LogP) is 1.59. The minimum atomic E-state index is -0.125. The summed E-state index contributed by atoms with van der Waals surface area (Å²) in [6, 6.07) is 10.3. The van der Waals surface area contributed by atoms with Crippen molar-refractivity contribution in [3.05, 3.63) is 53.6 Å². The van der Waals surface area contributed by atoms with Gasteiger partial charge in [-0.1, -0.05) is 30.3 Å². The van der Waals surface area contributed by atoms with Crippen LogP contribution in [0.5, 0.6) is 0 Å². The maximum absolute atomic E-state index is 12.0. The molecule has 7 nitrogen and oxygen atoms in total. The molecule has 122 valence electrons. The molecule has 1 aliphatic rings. The Balaban J connectivity index is 1.58. The van der Waals surface area contributed by atoms with E-state index in [9.17, 15) is 4.79 Å². The topological polar surface area (TPSA) is 88.5 Å². The number of aromatic nitrogens is 5. The molecule has 0 bridgehead atoms. The Morgan fingerprint density at radius 1 is 1.21 bits per heavy atom. The summed E-state index contributed by atoms with van der Waals surface area (Å²) in [6.07, 6.45) is 4.29. The summed E-state index contributed by atoms with van der Waals surface area (Å²) in [5, 5.41) is 11.0. The SMILES string of the molecule is O=C1NCCCc2[nH]c(-c3nncn3CCc3ccccc3)nc21. The molecule has 0 radical (unpaired) electrons. The van der Waals surface area contributed by atoms with E-state index in [1.807, 2.05) is 22.8 Å². The number of H-pyrrole nitrogens is 1. The van der Waals surface area contributed by atoms with Crippen molar-refractivity contribution < 1.29 is 4.79 Å². The number of amides is 1. The molecule has 1 aliphatic heterocycles. The van der Waals surface area contributed by atoms with Gasteiger partial charge in [0.05, 0.1) is 0 Å². The van der Waals surface area contributed by atoms with Crippen LogP contribution in [0.3, 0.4) is 0 Å². The maximum atomic E-state index is 12.0. The zero-order valence-corrected chi connectivity index (χ0v) is 13.2. The molecular formula is C17H18N6O. The van der Waals surface area contributed by atoms with Gasteiger partial charge in [-0.05, 0) is 24.8 Å². The number of fused-ring (bicyclic) bond motifs is 1. The number of hydrogen-bond donors (Lipinski definition) is 2. The van der Waals surface area contributed by atoms with E-state index in [-0.39, 0.29) is 5.91 Å². The Morgan fingerprint density at radius 3 is 2.96 bits per heavy atom. The third-order valence-corrected chi connectivity index (χ3v) is 4.19. The summed E-state index contributed by atoms with van der Waals surface area (Å²) in [4.78, 5) is 19.8. The molecule has 1 aromatic carbocycles. The number of benzene rings is 1. The molecule has 0 fully saturated rings. The lowest BCUT2D eigenvalue weighted by Gasteiger charge is -2.05. The van der Waals surface area contributed by atoms with Gasteiger partial charge in [0.2, 0.25) is 0 Å². The molecule has 0 aliphatic carbocycles. The zero-order chi connectivity index (χ0) is 16.4. The van der Waals surface area contributed by atoms with Gasteiger partial charge in [0.25, 0.3) is 5.91 Å². The van der Waals surface area contributed by atoms with E-state index in [0.29, 0.717) is 23.9 Å². The summed E-state index contributed by atoms with van der Waals surface area (Å²) in [6.45, 7) is 1.44. The van der Waals surface area contributed by atoms with Gasteiger partial charge in [-0.25, -0.2) is 4.98 Å². The van der Waals surface area contributed by atoms with Crippen LogP contribution in [0.4, 0.5) is 0 Å². The Morgan fingerprint density at radius 2 is 2.08 bits per heavy atom. The molecule has 3 heterocycles. The average Bonchev–Trinajstić information content (AvgIpc) is 3.21. The van der Waals surface area contributed by atoms with Gasteiger partial charge in [-0.2, -0.15) is 0 Å². The zero-order valence-electron chi connectivity index (χ0n) is 13.2. The van der Waals surface area contributed by atoms with E-state index in [1.54, 1.807) is 6.33 Å². The van der Waals surface area contributed by atoms with Crippen molar-refractivity contribution in [3.8, 4) is 11.6 Å². The number of rotatable bonds is 4. The van der Waals surface area contributed by atoms with Crippen LogP contribution >= 0.6 is 0 Å². The largest absolute Gasteiger partial charge is 0.351 e. The Hall–Kier alpha value is -2.96. The van der Waals surface area contributed by atoms with Crippen molar-refractivity contribution >= 4 is 5.91 Å². The lowest BCUT2D eigenvalue weighted by molar-refractivity contribution is 0.0951. The van der Waals surface area contributed by atoms with Gasteiger partial charge in [0, 0.05) is 18.8 Å². The van der Waals surface area contributed by atoms with Crippen molar-refractivity contribution in [2.24, 2.45) is 0 Å². The number of carbonyl (C=O) groups excluding carboxylic acids is 1. The second-order valence-electron chi connectivity index (χ2n) is 5.86. The van der Waals surface area contributed by atoms with Crippen molar-refractivity contribution in [1.29, 1.82) is 0 Å². The summed E-state index contributed by atoms with van der Waals surface area (Å²) < 4.78 is 1.96. The highest BCUT2D eigenvalue weighted by atomic mass is 16.1. The van der Waals surface area contributed by atoms with Crippen LogP contribution in [0.1, 0.15) is 28.2 Å². The minimum absolute atomic E-state index is 0.125. The fourth-order valence-corrected chi connectivity index (χ4v) is 2.93. The lowest BCUT2D eigenvalue weighted by atomic mass is 10.1. The van der Waals surface area contributed by atoms with Crippen LogP contribution in [-0.2, 0) is 19.4 Å². The van der Waals surface area contributed by atoms with E-state index in [0.717, 1.165) is 31.5 Å². The fourth-order valence-electron chi connectivity index (χ4n) is 2.93. The van der Waals surface area contributed by atoms with Crippen LogP contribution in [0.15, 0.2) is 36.7 Å². The van der Waals surface area contributed by atoms with Crippen molar-refractivity contribution in [1.82, 2.24) is 30.0 Å². The summed E-state index contributed by atoms with van der Waals surface area (Å²) in [5.74, 6) is 1.13. The van der Waals surface area contributed by atoms with Crippen LogP contribution in [-0.4, -0.2) is 37.2 Å². The van der Waals surface area contributed by atoms with E-state index in [1.165, 1.54) is 5.56 Å². The van der Waals surface area contributed by atoms with Gasteiger partial charge in [-0.3, -0.25) is 4.79 Å². The standard InChI is InChI=1S/C17H18N6O/c24-17-14-13(7-4-9-18-17)20-15(21-14)16-22-19-11-23(16)10-8-12-5-2-1-3-6-12/h1-3,5-6,11H,4,7-10H2,(H,18,24)(H,20,21). The molecule has 1 amide bonds. The van der Waals surface area contributed by atoms with Gasteiger partial charge < -0.3 is 14.9 Å². The van der Waals surface area contributed by atoms with E-state index < -0.39 is 0 Å². The number of hydrogen-bond acceptors (Lipinski definition) is 4. The van der Waals surface area contributed by atoms with Gasteiger partial charge in [-0.15, -0.1) is 10.2 Å². The van der Waals surface area contributed by atoms with Crippen LogP contribution in [0, 0.1) is 0 Å². The maximum Gasteiger partial charge on any atom is 0.271 e. The average molecular weight is 322 g/mol. The molecule has 3 aromatic rings. The summed E-state index contributed by atoms with van der Waals surface area (Å²) in [5.41, 5.74) is 2.60. The van der Waals surface area contributed by atoms with E-state index in [2.05, 4.69) is 37.6 Å². The molecule has 0 saturated heterocycles. The molecular weight excluding hydrogens is 304 g/mol. The lowest BCUT2D eigenvalue weighted by Crippen LogP contribution is -2.23. The minimum Gasteiger partial charge on any atom is -0.351 e. The first-order valence-corrected chi connectivity index (χ1v) is 8.10. The molecule has 0 atom stereocenters. The Kier molecular flexibility index (Phi) is 3.82. The first kappa shape index (κ1) is 14.6. The Labute approximate surface area is 139 Å². The molecule has 4 rings (SSSR count). The van der Waals surface area contributed by atoms with Gasteiger partial charge in [0.1, 0.15) is 12.0 Å². The van der Waals surface area contributed by atoms with Crippen LogP contribution in [0.2, 0.25) is 0 Å². The Bertz CT molecular complexity index is 851. The van der Waals surface area contributed by atoms with Crippen LogP contribution < -0.4 is 5.32 Å².